The van der Waals surface area contributed by atoms with Crippen LogP contribution in [-0.4, -0.2) is 75.7 Å². The molecule has 0 bridgehead atoms. The molecule has 0 aromatic rings. The van der Waals surface area contributed by atoms with Gasteiger partial charge in [-0.15, -0.1) is 0 Å². The van der Waals surface area contributed by atoms with Gasteiger partial charge in [0.25, 0.3) is 0 Å². The zero-order valence-corrected chi connectivity index (χ0v) is 9.76. The van der Waals surface area contributed by atoms with Crippen LogP contribution in [0.1, 0.15) is 0 Å². The summed E-state index contributed by atoms with van der Waals surface area (Å²) >= 11 is 0. The van der Waals surface area contributed by atoms with Gasteiger partial charge in [-0.3, -0.25) is 4.90 Å². The third-order valence-electron chi connectivity index (χ3n) is 3.05. The van der Waals surface area contributed by atoms with E-state index in [0.29, 0.717) is 0 Å². The first-order valence-electron chi connectivity index (χ1n) is 5.51. The Morgan fingerprint density at radius 3 is 2.68 bits per heavy atom. The first kappa shape index (κ1) is 13.7. The summed E-state index contributed by atoms with van der Waals surface area (Å²) in [6.45, 7) is -0.747. The van der Waals surface area contributed by atoms with Crippen molar-refractivity contribution in [2.75, 3.05) is 13.2 Å². The first-order chi connectivity index (χ1) is 8.99. The number of rotatable bonds is 2. The highest BCUT2D eigenvalue weighted by Gasteiger charge is 2.47. The minimum absolute atomic E-state index is 0.0441. The zero-order valence-electron chi connectivity index (χ0n) is 9.76. The second-order valence-electron chi connectivity index (χ2n) is 4.22. The molecule has 104 valence electrons. The number of urea groups is 1. The Balaban J connectivity index is 2.24. The molecule has 1 saturated heterocycles. The summed E-state index contributed by atoms with van der Waals surface area (Å²) in [5.41, 5.74) is 5.32. The van der Waals surface area contributed by atoms with E-state index in [0.717, 1.165) is 4.90 Å². The molecule has 5 N–H and O–H groups in total. The van der Waals surface area contributed by atoms with Crippen LogP contribution in [0.5, 0.6) is 0 Å². The minimum atomic E-state index is -1.41. The zero-order chi connectivity index (χ0) is 14.2. The molecule has 2 heterocycles. The Morgan fingerprint density at radius 2 is 2.16 bits per heavy atom. The lowest BCUT2D eigenvalue weighted by Gasteiger charge is -2.31. The molecule has 0 radical (unpaired) electrons. The fourth-order valence-electron chi connectivity index (χ4n) is 1.97. The van der Waals surface area contributed by atoms with E-state index in [9.17, 15) is 19.8 Å². The number of amides is 2. The molecule has 0 aliphatic carbocycles. The molecule has 0 saturated carbocycles. The second kappa shape index (κ2) is 5.08. The van der Waals surface area contributed by atoms with Gasteiger partial charge in [0.05, 0.1) is 18.7 Å². The van der Waals surface area contributed by atoms with Gasteiger partial charge in [-0.2, -0.15) is 4.99 Å². The number of ether oxygens (including phenoxy) is 1. The summed E-state index contributed by atoms with van der Waals surface area (Å²) in [4.78, 5) is 26.7. The van der Waals surface area contributed by atoms with Gasteiger partial charge in [0.1, 0.15) is 30.1 Å². The van der Waals surface area contributed by atoms with Crippen LogP contribution in [-0.2, 0) is 9.53 Å². The molecular formula is C10H13N3O6. The van der Waals surface area contributed by atoms with Crippen LogP contribution in [0.15, 0.2) is 10.6 Å². The second-order valence-corrected chi connectivity index (χ2v) is 4.22. The average molecular weight is 271 g/mol. The van der Waals surface area contributed by atoms with E-state index in [1.807, 2.05) is 0 Å². The van der Waals surface area contributed by atoms with Crippen molar-refractivity contribution in [3.63, 3.8) is 0 Å². The van der Waals surface area contributed by atoms with Crippen molar-refractivity contribution >= 4 is 17.8 Å². The Hall–Kier alpha value is -1.77. The fraction of sp³-hybridized carbons (Fsp3) is 0.600. The standard InChI is InChI=1S/C10H13N3O6/c11-8-4(2-14)1-13(10(18)12-8)9-7(17)6(16)5(3-15)19-9/h5-7,9,15-17H,1,3H2,(H2,11,12,18)/t5-,6-,7-,9-/m1/s1. The summed E-state index contributed by atoms with van der Waals surface area (Å²) in [5, 5.41) is 28.4. The molecule has 2 rings (SSSR count). The van der Waals surface area contributed by atoms with E-state index in [4.69, 9.17) is 15.6 Å². The lowest BCUT2D eigenvalue weighted by atomic mass is 10.1. The number of carbonyl (C=O) groups excluding carboxylic acids is 2. The van der Waals surface area contributed by atoms with Crippen LogP contribution in [0.3, 0.4) is 0 Å². The third-order valence-corrected chi connectivity index (χ3v) is 3.05. The first-order valence-corrected chi connectivity index (χ1v) is 5.51. The molecule has 2 aliphatic heterocycles. The van der Waals surface area contributed by atoms with Crippen molar-refractivity contribution in [3.05, 3.63) is 5.57 Å². The van der Waals surface area contributed by atoms with Crippen LogP contribution in [0, 0.1) is 0 Å². The summed E-state index contributed by atoms with van der Waals surface area (Å²) < 4.78 is 5.17. The van der Waals surface area contributed by atoms with Crippen molar-refractivity contribution < 1.29 is 29.6 Å². The van der Waals surface area contributed by atoms with Gasteiger partial charge >= 0.3 is 6.03 Å². The average Bonchev–Trinajstić information content (AvgIpc) is 2.67. The fourth-order valence-corrected chi connectivity index (χ4v) is 1.97. The Labute approximate surface area is 107 Å². The number of carbonyl (C=O) groups is 1. The number of aliphatic imine (C=N–C) groups is 1. The van der Waals surface area contributed by atoms with Gasteiger partial charge in [0.15, 0.2) is 6.23 Å². The largest absolute Gasteiger partial charge is 0.394 e. The van der Waals surface area contributed by atoms with E-state index >= 15 is 0 Å². The smallest absolute Gasteiger partial charge is 0.347 e. The highest BCUT2D eigenvalue weighted by atomic mass is 16.6. The van der Waals surface area contributed by atoms with E-state index in [1.54, 1.807) is 5.94 Å². The molecule has 0 spiro atoms. The molecule has 0 unspecified atom stereocenters. The van der Waals surface area contributed by atoms with Gasteiger partial charge in [-0.25, -0.2) is 9.59 Å². The van der Waals surface area contributed by atoms with Crippen LogP contribution < -0.4 is 5.73 Å². The highest BCUT2D eigenvalue weighted by Crippen LogP contribution is 2.26. The molecule has 2 aliphatic rings. The maximum absolute atomic E-state index is 11.7. The number of aliphatic hydroxyl groups is 3. The summed E-state index contributed by atoms with van der Waals surface area (Å²) in [7, 11) is 0. The lowest BCUT2D eigenvalue weighted by Crippen LogP contribution is -2.50. The topological polar surface area (TPSA) is 146 Å². The van der Waals surface area contributed by atoms with Crippen LogP contribution in [0.2, 0.25) is 0 Å². The van der Waals surface area contributed by atoms with E-state index in [2.05, 4.69) is 4.99 Å². The predicted octanol–water partition coefficient (Wildman–Crippen LogP) is -3.02. The molecule has 19 heavy (non-hydrogen) atoms. The Morgan fingerprint density at radius 1 is 1.47 bits per heavy atom. The van der Waals surface area contributed by atoms with Gasteiger partial charge < -0.3 is 25.8 Å². The van der Waals surface area contributed by atoms with Crippen LogP contribution >= 0.6 is 0 Å². The molecule has 9 nitrogen and oxygen atoms in total. The number of nitrogens with two attached hydrogens (primary N) is 1. The number of hydrogen-bond acceptors (Lipinski definition) is 7. The predicted molar refractivity (Wildman–Crippen MR) is 60.7 cm³/mol. The molecular weight excluding hydrogens is 258 g/mol. The quantitative estimate of drug-likeness (QED) is 0.391. The van der Waals surface area contributed by atoms with Crippen molar-refractivity contribution in [2.45, 2.75) is 24.5 Å². The van der Waals surface area contributed by atoms with Gasteiger partial charge in [0.2, 0.25) is 0 Å². The van der Waals surface area contributed by atoms with Crippen LogP contribution in [0.25, 0.3) is 0 Å². The summed E-state index contributed by atoms with van der Waals surface area (Å²) in [6, 6.07) is -0.800. The summed E-state index contributed by atoms with van der Waals surface area (Å²) in [6.07, 6.45) is -4.97. The van der Waals surface area contributed by atoms with Gasteiger partial charge in [0, 0.05) is 0 Å². The lowest BCUT2D eigenvalue weighted by molar-refractivity contribution is -0.0755. The number of amidine groups is 1. The third kappa shape index (κ3) is 2.25. The number of hydrogen-bond donors (Lipinski definition) is 4. The minimum Gasteiger partial charge on any atom is -0.394 e. The maximum Gasteiger partial charge on any atom is 0.347 e. The normalized spacial score (nSPS) is 35.3. The molecule has 0 aromatic carbocycles. The Kier molecular flexibility index (Phi) is 3.65. The molecule has 2 amide bonds. The molecule has 4 atom stereocenters. The number of aliphatic hydroxyl groups excluding tert-OH is 3. The number of nitrogens with zero attached hydrogens (tertiary/aromatic N) is 2. The monoisotopic (exact) mass is 271 g/mol. The van der Waals surface area contributed by atoms with Crippen molar-refractivity contribution in [1.29, 1.82) is 0 Å². The SMILES string of the molecule is NC1=NC(=O)N([C@@H]2O[C@H](CO)[C@@H](O)[C@H]2O)CC1=C=O. The van der Waals surface area contributed by atoms with E-state index in [1.165, 1.54) is 0 Å². The van der Waals surface area contributed by atoms with E-state index in [-0.39, 0.29) is 18.0 Å². The van der Waals surface area contributed by atoms with Crippen molar-refractivity contribution in [1.82, 2.24) is 4.90 Å². The Bertz CT molecular complexity index is 472. The summed E-state index contributed by atoms with van der Waals surface area (Å²) in [5.74, 6) is 1.31. The van der Waals surface area contributed by atoms with Crippen molar-refractivity contribution in [3.8, 4) is 0 Å². The van der Waals surface area contributed by atoms with Gasteiger partial charge in [-0.05, 0) is 0 Å². The highest BCUT2D eigenvalue weighted by molar-refractivity contribution is 6.10. The van der Waals surface area contributed by atoms with E-state index < -0.39 is 37.2 Å². The molecule has 1 fully saturated rings. The maximum atomic E-state index is 11.7. The van der Waals surface area contributed by atoms with Crippen molar-refractivity contribution in [2.24, 2.45) is 10.7 Å². The molecule has 9 heteroatoms. The van der Waals surface area contributed by atoms with Gasteiger partial charge in [-0.1, -0.05) is 0 Å². The van der Waals surface area contributed by atoms with Crippen LogP contribution in [0.4, 0.5) is 4.79 Å². The molecule has 0 aromatic heterocycles.